The van der Waals surface area contributed by atoms with Crippen LogP contribution in [0.25, 0.3) is 5.69 Å². The monoisotopic (exact) mass is 498 g/mol. The van der Waals surface area contributed by atoms with Crippen LogP contribution in [0.1, 0.15) is 39.8 Å². The van der Waals surface area contributed by atoms with E-state index in [0.717, 1.165) is 43.2 Å². The van der Waals surface area contributed by atoms with Gasteiger partial charge in [-0.05, 0) is 61.0 Å². The van der Waals surface area contributed by atoms with Gasteiger partial charge in [0.2, 0.25) is 0 Å². The summed E-state index contributed by atoms with van der Waals surface area (Å²) in [6, 6.07) is 24.1. The first-order valence-corrected chi connectivity index (χ1v) is 12.6. The largest absolute Gasteiger partial charge is 0.497 e. The zero-order chi connectivity index (χ0) is 25.8. The van der Waals surface area contributed by atoms with E-state index >= 15 is 0 Å². The van der Waals surface area contributed by atoms with Gasteiger partial charge in [0.1, 0.15) is 11.6 Å². The molecule has 0 saturated heterocycles. The number of fused-ring (bicyclic) bond motifs is 1. The maximum Gasteiger partial charge on any atom is 0.254 e. The van der Waals surface area contributed by atoms with E-state index < -0.39 is 0 Å². The molecule has 0 atom stereocenters. The van der Waals surface area contributed by atoms with Gasteiger partial charge in [-0.3, -0.25) is 9.69 Å². The summed E-state index contributed by atoms with van der Waals surface area (Å²) in [6.45, 7) is 5.41. The third-order valence-corrected chi connectivity index (χ3v) is 6.89. The summed E-state index contributed by atoms with van der Waals surface area (Å²) >= 11 is 0. The molecule has 1 amide bonds. The second-order valence-corrected chi connectivity index (χ2v) is 9.25. The predicted octanol–water partition coefficient (Wildman–Crippen LogP) is 5.24. The van der Waals surface area contributed by atoms with Crippen LogP contribution in [-0.2, 0) is 26.1 Å². The number of ether oxygens (including phenoxy) is 1. The first-order valence-electron chi connectivity index (χ1n) is 12.6. The number of methoxy groups -OCH3 is 1. The quantitative estimate of drug-likeness (QED) is 0.333. The lowest BCUT2D eigenvalue weighted by molar-refractivity contribution is 0.0749. The SMILES string of the molecule is CCN(Cc1nn(-c2ccc(OC)cc2)c2c1CN(Cc1ccccc1)CC2)C(=O)c1ccc(F)cc1. The Labute approximate surface area is 216 Å². The van der Waals surface area contributed by atoms with Crippen molar-refractivity contribution in [1.82, 2.24) is 19.6 Å². The molecule has 0 saturated carbocycles. The molecule has 37 heavy (non-hydrogen) atoms. The minimum Gasteiger partial charge on any atom is -0.497 e. The van der Waals surface area contributed by atoms with Crippen LogP contribution in [0.3, 0.4) is 0 Å². The Morgan fingerprint density at radius 2 is 1.76 bits per heavy atom. The van der Waals surface area contributed by atoms with Crippen molar-refractivity contribution in [3.8, 4) is 11.4 Å². The number of benzene rings is 3. The van der Waals surface area contributed by atoms with Crippen molar-refractivity contribution >= 4 is 5.91 Å². The fraction of sp³-hybridized carbons (Fsp3) is 0.267. The zero-order valence-corrected chi connectivity index (χ0v) is 21.2. The molecule has 0 aliphatic carbocycles. The van der Waals surface area contributed by atoms with Crippen LogP contribution in [0.2, 0.25) is 0 Å². The molecule has 0 fully saturated rings. The van der Waals surface area contributed by atoms with E-state index in [2.05, 4.69) is 29.2 Å². The molecule has 2 heterocycles. The van der Waals surface area contributed by atoms with Crippen molar-refractivity contribution in [3.05, 3.63) is 113 Å². The molecule has 1 aliphatic heterocycles. The number of hydrogen-bond acceptors (Lipinski definition) is 4. The Morgan fingerprint density at radius 1 is 1.03 bits per heavy atom. The highest BCUT2D eigenvalue weighted by atomic mass is 19.1. The Morgan fingerprint density at radius 3 is 2.43 bits per heavy atom. The summed E-state index contributed by atoms with van der Waals surface area (Å²) in [7, 11) is 1.65. The first-order chi connectivity index (χ1) is 18.1. The second kappa shape index (κ2) is 11.0. The molecule has 0 radical (unpaired) electrons. The van der Waals surface area contributed by atoms with Gasteiger partial charge in [-0.25, -0.2) is 9.07 Å². The summed E-state index contributed by atoms with van der Waals surface area (Å²) in [4.78, 5) is 17.5. The molecule has 0 N–H and O–H groups in total. The minimum absolute atomic E-state index is 0.132. The van der Waals surface area contributed by atoms with Crippen molar-refractivity contribution in [3.63, 3.8) is 0 Å². The maximum absolute atomic E-state index is 13.4. The molecule has 0 bridgehead atoms. The summed E-state index contributed by atoms with van der Waals surface area (Å²) < 4.78 is 20.8. The molecular formula is C30H31FN4O2. The molecule has 3 aromatic carbocycles. The average Bonchev–Trinajstić information content (AvgIpc) is 3.30. The predicted molar refractivity (Wildman–Crippen MR) is 141 cm³/mol. The van der Waals surface area contributed by atoms with Crippen LogP contribution >= 0.6 is 0 Å². The molecule has 0 unspecified atom stereocenters. The number of hydrogen-bond donors (Lipinski definition) is 0. The summed E-state index contributed by atoms with van der Waals surface area (Å²) in [5, 5.41) is 5.03. The highest BCUT2D eigenvalue weighted by Crippen LogP contribution is 2.28. The highest BCUT2D eigenvalue weighted by molar-refractivity contribution is 5.94. The topological polar surface area (TPSA) is 50.6 Å². The summed E-state index contributed by atoms with van der Waals surface area (Å²) in [5.41, 5.74) is 5.95. The number of halogens is 1. The van der Waals surface area contributed by atoms with Gasteiger partial charge in [0.25, 0.3) is 5.91 Å². The van der Waals surface area contributed by atoms with Crippen molar-refractivity contribution in [2.24, 2.45) is 0 Å². The lowest BCUT2D eigenvalue weighted by atomic mass is 10.0. The van der Waals surface area contributed by atoms with Crippen LogP contribution < -0.4 is 4.74 Å². The zero-order valence-electron chi connectivity index (χ0n) is 21.2. The Kier molecular flexibility index (Phi) is 7.32. The van der Waals surface area contributed by atoms with E-state index in [9.17, 15) is 9.18 Å². The van der Waals surface area contributed by atoms with Gasteiger partial charge >= 0.3 is 0 Å². The van der Waals surface area contributed by atoms with Crippen molar-refractivity contribution in [2.45, 2.75) is 33.0 Å². The highest BCUT2D eigenvalue weighted by Gasteiger charge is 2.27. The molecule has 6 nitrogen and oxygen atoms in total. The van der Waals surface area contributed by atoms with E-state index in [-0.39, 0.29) is 11.7 Å². The first kappa shape index (κ1) is 24.7. The van der Waals surface area contributed by atoms with Crippen LogP contribution in [-0.4, -0.2) is 45.7 Å². The van der Waals surface area contributed by atoms with E-state index in [1.807, 2.05) is 41.9 Å². The third kappa shape index (κ3) is 5.42. The molecule has 5 rings (SSSR count). The van der Waals surface area contributed by atoms with Gasteiger partial charge in [0.05, 0.1) is 30.7 Å². The van der Waals surface area contributed by atoms with Crippen LogP contribution in [0.15, 0.2) is 78.9 Å². The van der Waals surface area contributed by atoms with Gasteiger partial charge in [0, 0.05) is 43.7 Å². The van der Waals surface area contributed by atoms with Crippen molar-refractivity contribution in [1.29, 1.82) is 0 Å². The average molecular weight is 499 g/mol. The fourth-order valence-corrected chi connectivity index (χ4v) is 4.87. The van der Waals surface area contributed by atoms with Gasteiger partial charge in [-0.15, -0.1) is 0 Å². The molecule has 1 aromatic heterocycles. The van der Waals surface area contributed by atoms with Gasteiger partial charge < -0.3 is 9.64 Å². The second-order valence-electron chi connectivity index (χ2n) is 9.25. The molecule has 7 heteroatoms. The van der Waals surface area contributed by atoms with Crippen LogP contribution in [0, 0.1) is 5.82 Å². The molecule has 0 spiro atoms. The maximum atomic E-state index is 13.4. The van der Waals surface area contributed by atoms with Crippen LogP contribution in [0.4, 0.5) is 4.39 Å². The lowest BCUT2D eigenvalue weighted by Crippen LogP contribution is -2.33. The molecule has 190 valence electrons. The summed E-state index contributed by atoms with van der Waals surface area (Å²) in [6.07, 6.45) is 0.860. The minimum atomic E-state index is -0.356. The van der Waals surface area contributed by atoms with E-state index in [0.29, 0.717) is 18.7 Å². The van der Waals surface area contributed by atoms with Crippen LogP contribution in [0.5, 0.6) is 5.75 Å². The molecule has 1 aliphatic rings. The smallest absolute Gasteiger partial charge is 0.254 e. The number of aromatic nitrogens is 2. The van der Waals surface area contributed by atoms with Gasteiger partial charge in [-0.2, -0.15) is 5.10 Å². The number of amides is 1. The normalized spacial score (nSPS) is 13.3. The van der Waals surface area contributed by atoms with E-state index in [1.165, 1.54) is 41.1 Å². The fourth-order valence-electron chi connectivity index (χ4n) is 4.87. The van der Waals surface area contributed by atoms with Crippen molar-refractivity contribution in [2.75, 3.05) is 20.2 Å². The Hall–Kier alpha value is -3.97. The summed E-state index contributed by atoms with van der Waals surface area (Å²) in [5.74, 6) is 0.304. The number of carbonyl (C=O) groups is 1. The van der Waals surface area contributed by atoms with Gasteiger partial charge in [0.15, 0.2) is 0 Å². The standard InChI is InChI=1S/C30H31FN4O2/c1-3-34(30(36)23-9-11-24(31)12-10-23)21-28-27-20-33(19-22-7-5-4-6-8-22)18-17-29(27)35(32-28)25-13-15-26(37-2)16-14-25/h4-16H,3,17-21H2,1-2H3. The van der Waals surface area contributed by atoms with E-state index in [1.54, 1.807) is 12.0 Å². The Bertz CT molecular complexity index is 1350. The number of rotatable bonds is 8. The Balaban J connectivity index is 1.47. The third-order valence-electron chi connectivity index (χ3n) is 6.89. The van der Waals surface area contributed by atoms with E-state index in [4.69, 9.17) is 9.84 Å². The van der Waals surface area contributed by atoms with Gasteiger partial charge in [-0.1, -0.05) is 30.3 Å². The number of nitrogens with zero attached hydrogens (tertiary/aromatic N) is 4. The van der Waals surface area contributed by atoms with Crippen molar-refractivity contribution < 1.29 is 13.9 Å². The molecule has 4 aromatic rings. The number of carbonyl (C=O) groups excluding carboxylic acids is 1. The molecular weight excluding hydrogens is 467 g/mol. The lowest BCUT2D eigenvalue weighted by Gasteiger charge is -2.28.